The van der Waals surface area contributed by atoms with Crippen LogP contribution < -0.4 is 0 Å². The molecule has 0 radical (unpaired) electrons. The molecule has 5 heterocycles. The van der Waals surface area contributed by atoms with Gasteiger partial charge in [0, 0.05) is 65.5 Å². The molecule has 0 spiro atoms. The van der Waals surface area contributed by atoms with Crippen LogP contribution in [0.1, 0.15) is 0 Å². The van der Waals surface area contributed by atoms with Crippen LogP contribution in [-0.4, -0.2) is 23.9 Å². The Morgan fingerprint density at radius 3 is 1.57 bits per heavy atom. The number of benzene rings is 10. The molecule has 0 N–H and O–H groups in total. The summed E-state index contributed by atoms with van der Waals surface area (Å²) in [6.07, 6.45) is 0. The highest BCUT2D eigenvalue weighted by Crippen LogP contribution is 2.43. The van der Waals surface area contributed by atoms with Gasteiger partial charge in [-0.2, -0.15) is 0 Å². The van der Waals surface area contributed by atoms with Crippen LogP contribution in [0.2, 0.25) is 0 Å². The minimum atomic E-state index is 0.595. The van der Waals surface area contributed by atoms with Crippen molar-refractivity contribution in [2.24, 2.45) is 0 Å². The molecule has 65 heavy (non-hydrogen) atoms. The first-order valence-electron chi connectivity index (χ1n) is 22.0. The maximum absolute atomic E-state index is 6.43. The fraction of sp³-hybridized carbons (Fsp3) is 0. The lowest BCUT2D eigenvalue weighted by atomic mass is 9.97. The van der Waals surface area contributed by atoms with E-state index in [0.29, 0.717) is 17.5 Å². The van der Waals surface area contributed by atoms with Gasteiger partial charge in [-0.25, -0.2) is 15.0 Å². The van der Waals surface area contributed by atoms with E-state index in [1.807, 2.05) is 6.07 Å². The summed E-state index contributed by atoms with van der Waals surface area (Å²) >= 11 is 0. The fourth-order valence-electron chi connectivity index (χ4n) is 10.7. The summed E-state index contributed by atoms with van der Waals surface area (Å²) in [6, 6.07) is 71.4. The van der Waals surface area contributed by atoms with Crippen LogP contribution in [0.25, 0.3) is 143 Å². The second-order valence-corrected chi connectivity index (χ2v) is 17.2. The molecular formula is C59H33N5O. The van der Waals surface area contributed by atoms with Gasteiger partial charge >= 0.3 is 0 Å². The number of para-hydroxylation sites is 3. The van der Waals surface area contributed by atoms with E-state index < -0.39 is 0 Å². The Morgan fingerprint density at radius 2 is 0.831 bits per heavy atom. The number of furan rings is 1. The third-order valence-electron chi connectivity index (χ3n) is 13.6. The van der Waals surface area contributed by atoms with Crippen LogP contribution in [0.5, 0.6) is 0 Å². The second kappa shape index (κ2) is 12.8. The van der Waals surface area contributed by atoms with E-state index in [-0.39, 0.29) is 0 Å². The number of rotatable bonds is 4. The molecule has 0 amide bonds. The molecule has 10 aromatic carbocycles. The topological polar surface area (TPSA) is 61.2 Å². The van der Waals surface area contributed by atoms with Crippen molar-refractivity contribution in [3.05, 3.63) is 200 Å². The first-order valence-corrected chi connectivity index (χ1v) is 22.0. The molecule has 0 saturated carbocycles. The van der Waals surface area contributed by atoms with Crippen molar-refractivity contribution in [1.29, 1.82) is 0 Å². The first kappa shape index (κ1) is 34.7. The van der Waals surface area contributed by atoms with E-state index in [9.17, 15) is 0 Å². The van der Waals surface area contributed by atoms with Gasteiger partial charge in [-0.05, 0) is 113 Å². The molecule has 0 bridgehead atoms. The molecular weight excluding hydrogens is 795 g/mol. The van der Waals surface area contributed by atoms with Gasteiger partial charge in [0.15, 0.2) is 17.5 Å². The van der Waals surface area contributed by atoms with E-state index in [1.165, 1.54) is 65.3 Å². The van der Waals surface area contributed by atoms with Gasteiger partial charge in [0.2, 0.25) is 0 Å². The van der Waals surface area contributed by atoms with Crippen LogP contribution in [-0.2, 0) is 0 Å². The van der Waals surface area contributed by atoms with Gasteiger partial charge in [-0.1, -0.05) is 109 Å². The average molecular weight is 828 g/mol. The molecule has 0 aliphatic rings. The summed E-state index contributed by atoms with van der Waals surface area (Å²) in [7, 11) is 0. The van der Waals surface area contributed by atoms with Gasteiger partial charge in [0.25, 0.3) is 0 Å². The van der Waals surface area contributed by atoms with E-state index in [2.05, 4.69) is 203 Å². The Kier molecular flexibility index (Phi) is 6.86. The molecule has 5 aromatic heterocycles. The lowest BCUT2D eigenvalue weighted by Gasteiger charge is -2.14. The van der Waals surface area contributed by atoms with Gasteiger partial charge < -0.3 is 13.4 Å². The van der Waals surface area contributed by atoms with Gasteiger partial charge in [-0.15, -0.1) is 0 Å². The largest absolute Gasteiger partial charge is 0.456 e. The maximum atomic E-state index is 6.43. The highest BCUT2D eigenvalue weighted by atomic mass is 16.3. The zero-order chi connectivity index (χ0) is 42.3. The number of aromatic nitrogens is 5. The number of fused-ring (bicyclic) bond motifs is 12. The van der Waals surface area contributed by atoms with Crippen molar-refractivity contribution in [2.45, 2.75) is 0 Å². The molecule has 15 aromatic rings. The molecule has 0 saturated heterocycles. The van der Waals surface area contributed by atoms with E-state index in [0.717, 1.165) is 60.5 Å². The lowest BCUT2D eigenvalue weighted by molar-refractivity contribution is 0.669. The zero-order valence-electron chi connectivity index (χ0n) is 34.7. The average Bonchev–Trinajstić information content (AvgIpc) is 4.02. The standard InChI is InChI=1S/C59H33N5O/c1-2-12-37-33-54-46(29-36(37)11-1)45-30-38(25-28-53(45)65-54)58-60-57(35-23-26-40(27-24-35)63-49-19-6-3-15-41(49)42-16-4-7-20-50(42)63)61-59(62-58)39-31-47-43-17-5-8-21-51(43)64-52-22-10-14-34-13-9-18-44(55(34)52)48(32-39)56(47)64/h1-33H. The summed E-state index contributed by atoms with van der Waals surface area (Å²) < 4.78 is 11.2. The highest BCUT2D eigenvalue weighted by Gasteiger charge is 2.22. The zero-order valence-corrected chi connectivity index (χ0v) is 34.7. The molecule has 6 nitrogen and oxygen atoms in total. The van der Waals surface area contributed by atoms with Crippen molar-refractivity contribution < 1.29 is 4.42 Å². The van der Waals surface area contributed by atoms with Crippen molar-refractivity contribution in [2.75, 3.05) is 0 Å². The predicted molar refractivity (Wildman–Crippen MR) is 267 cm³/mol. The molecule has 300 valence electrons. The normalized spacial score (nSPS) is 12.3. The smallest absolute Gasteiger partial charge is 0.164 e. The van der Waals surface area contributed by atoms with Gasteiger partial charge in [0.05, 0.1) is 27.6 Å². The Hall–Kier alpha value is -8.87. The van der Waals surface area contributed by atoms with Gasteiger partial charge in [0.1, 0.15) is 11.2 Å². The van der Waals surface area contributed by atoms with Crippen LogP contribution in [0.4, 0.5) is 0 Å². The van der Waals surface area contributed by atoms with E-state index in [1.54, 1.807) is 0 Å². The Balaban J connectivity index is 0.974. The molecule has 15 rings (SSSR count). The summed E-state index contributed by atoms with van der Waals surface area (Å²) in [4.78, 5) is 16.0. The summed E-state index contributed by atoms with van der Waals surface area (Å²) in [6.45, 7) is 0. The molecule has 0 unspecified atom stereocenters. The van der Waals surface area contributed by atoms with Crippen molar-refractivity contribution >= 4 is 103 Å². The Morgan fingerprint density at radius 1 is 0.323 bits per heavy atom. The molecule has 0 fully saturated rings. The third-order valence-corrected chi connectivity index (χ3v) is 13.6. The van der Waals surface area contributed by atoms with Crippen LogP contribution in [0.3, 0.4) is 0 Å². The summed E-state index contributed by atoms with van der Waals surface area (Å²) in [5.74, 6) is 1.81. The van der Waals surface area contributed by atoms with E-state index in [4.69, 9.17) is 19.4 Å². The third kappa shape index (κ3) is 4.90. The summed E-state index contributed by atoms with van der Waals surface area (Å²) in [5.41, 5.74) is 11.4. The maximum Gasteiger partial charge on any atom is 0.164 e. The van der Waals surface area contributed by atoms with Crippen molar-refractivity contribution in [3.8, 4) is 39.9 Å². The molecule has 0 aliphatic carbocycles. The van der Waals surface area contributed by atoms with Crippen molar-refractivity contribution in [1.82, 2.24) is 23.9 Å². The predicted octanol–water partition coefficient (Wildman–Crippen LogP) is 15.3. The quantitative estimate of drug-likeness (QED) is 0.131. The van der Waals surface area contributed by atoms with Crippen LogP contribution in [0, 0.1) is 0 Å². The minimum Gasteiger partial charge on any atom is -0.456 e. The first-order chi connectivity index (χ1) is 32.2. The highest BCUT2D eigenvalue weighted by molar-refractivity contribution is 6.27. The van der Waals surface area contributed by atoms with Gasteiger partial charge in [-0.3, -0.25) is 0 Å². The van der Waals surface area contributed by atoms with E-state index >= 15 is 0 Å². The molecule has 6 heteroatoms. The minimum absolute atomic E-state index is 0.595. The SMILES string of the molecule is c1ccc2cc3c(cc2c1)oc1ccc(-c2nc(-c4ccc(-n5c6ccccc6c6ccccc65)cc4)nc(-c4cc5c6cccc7cccc(c76)n6c7ccccc7c(c4)c56)n2)cc13. The molecule has 0 aliphatic heterocycles. The Bertz CT molecular complexity index is 4420. The summed E-state index contributed by atoms with van der Waals surface area (Å²) in [5, 5.41) is 14.0. The number of pyridine rings is 1. The lowest BCUT2D eigenvalue weighted by Crippen LogP contribution is -2.01. The Labute approximate surface area is 370 Å². The number of nitrogens with zero attached hydrogens (tertiary/aromatic N) is 5. The number of hydrogen-bond acceptors (Lipinski definition) is 4. The van der Waals surface area contributed by atoms with Crippen molar-refractivity contribution in [3.63, 3.8) is 0 Å². The second-order valence-electron chi connectivity index (χ2n) is 17.2. The van der Waals surface area contributed by atoms with Crippen LogP contribution in [0.15, 0.2) is 205 Å². The molecule has 0 atom stereocenters. The monoisotopic (exact) mass is 827 g/mol. The van der Waals surface area contributed by atoms with Crippen LogP contribution >= 0.6 is 0 Å². The fourth-order valence-corrected chi connectivity index (χ4v) is 10.7. The number of hydrogen-bond donors (Lipinski definition) is 0.